The van der Waals surface area contributed by atoms with Crippen molar-refractivity contribution in [3.63, 3.8) is 0 Å². The smallest absolute Gasteiger partial charge is 0.264 e. The van der Waals surface area contributed by atoms with E-state index in [1.54, 1.807) is 36.7 Å². The Morgan fingerprint density at radius 3 is 2.55 bits per heavy atom. The second kappa shape index (κ2) is 5.40. The highest BCUT2D eigenvalue weighted by molar-refractivity contribution is 5.52. The van der Waals surface area contributed by atoms with Crippen LogP contribution in [0, 0.1) is 0 Å². The summed E-state index contributed by atoms with van der Waals surface area (Å²) in [7, 11) is 0. The van der Waals surface area contributed by atoms with Gasteiger partial charge < -0.3 is 15.0 Å². The minimum Gasteiger partial charge on any atom is -0.484 e. The van der Waals surface area contributed by atoms with Gasteiger partial charge >= 0.3 is 0 Å². The van der Waals surface area contributed by atoms with Crippen molar-refractivity contribution in [3.05, 3.63) is 54.7 Å². The zero-order valence-corrected chi connectivity index (χ0v) is 10.6. The van der Waals surface area contributed by atoms with E-state index in [9.17, 15) is 0 Å². The Balaban J connectivity index is 1.67. The number of rotatable bonds is 4. The lowest BCUT2D eigenvalue weighted by atomic mass is 10.2. The van der Waals surface area contributed by atoms with E-state index in [1.165, 1.54) is 0 Å². The lowest BCUT2D eigenvalue weighted by molar-refractivity contribution is 0.243. The minimum atomic E-state index is 0.210. The predicted octanol–water partition coefficient (Wildman–Crippen LogP) is 2.29. The Bertz CT molecular complexity index is 680. The molecule has 6 nitrogen and oxygen atoms in total. The van der Waals surface area contributed by atoms with E-state index in [1.807, 2.05) is 12.1 Å². The Kier molecular flexibility index (Phi) is 3.28. The summed E-state index contributed by atoms with van der Waals surface area (Å²) in [5, 5.41) is 3.90. The highest BCUT2D eigenvalue weighted by Gasteiger charge is 2.08. The fraction of sp³-hybridized carbons (Fsp3) is 0.0714. The van der Waals surface area contributed by atoms with Crippen LogP contribution in [0.5, 0.6) is 5.75 Å². The summed E-state index contributed by atoms with van der Waals surface area (Å²) in [4.78, 5) is 8.20. The van der Waals surface area contributed by atoms with Gasteiger partial charge in [-0.15, -0.1) is 0 Å². The lowest BCUT2D eigenvalue weighted by Crippen LogP contribution is -1.96. The number of nitrogen functional groups attached to an aromatic ring is 1. The summed E-state index contributed by atoms with van der Waals surface area (Å²) in [6.07, 6.45) is 3.35. The number of nitrogens with zero attached hydrogens (tertiary/aromatic N) is 3. The molecular formula is C14H12N4O2. The van der Waals surface area contributed by atoms with Gasteiger partial charge in [0.15, 0.2) is 6.61 Å². The number of benzene rings is 1. The Hall–Kier alpha value is -2.89. The third-order valence-electron chi connectivity index (χ3n) is 2.65. The molecule has 0 aliphatic heterocycles. The monoisotopic (exact) mass is 268 g/mol. The molecule has 1 aromatic carbocycles. The summed E-state index contributed by atoms with van der Waals surface area (Å²) >= 11 is 0. The topological polar surface area (TPSA) is 87.1 Å². The van der Waals surface area contributed by atoms with Crippen LogP contribution >= 0.6 is 0 Å². The minimum absolute atomic E-state index is 0.210. The summed E-state index contributed by atoms with van der Waals surface area (Å²) < 4.78 is 10.7. The molecule has 0 radical (unpaired) electrons. The molecule has 2 heterocycles. The zero-order valence-electron chi connectivity index (χ0n) is 10.6. The first-order chi connectivity index (χ1) is 9.81. The molecule has 0 saturated carbocycles. The van der Waals surface area contributed by atoms with Crippen molar-refractivity contribution in [1.29, 1.82) is 0 Å². The summed E-state index contributed by atoms with van der Waals surface area (Å²) in [6.45, 7) is 0.210. The normalized spacial score (nSPS) is 10.4. The van der Waals surface area contributed by atoms with Crippen LogP contribution in [0.2, 0.25) is 0 Å². The molecule has 100 valence electrons. The van der Waals surface area contributed by atoms with Gasteiger partial charge in [-0.25, -0.2) is 0 Å². The van der Waals surface area contributed by atoms with Crippen LogP contribution in [0.25, 0.3) is 11.4 Å². The van der Waals surface area contributed by atoms with Gasteiger partial charge in [-0.1, -0.05) is 5.16 Å². The standard InChI is InChI=1S/C14H12N4O2/c15-11-1-3-12(4-2-11)19-9-13-17-14(18-20-13)10-5-7-16-8-6-10/h1-8H,9,15H2. The third kappa shape index (κ3) is 2.74. The largest absolute Gasteiger partial charge is 0.484 e. The average Bonchev–Trinajstić information content (AvgIpc) is 2.97. The maximum Gasteiger partial charge on any atom is 0.264 e. The maximum absolute atomic E-state index is 5.60. The third-order valence-corrected chi connectivity index (χ3v) is 2.65. The number of anilines is 1. The molecular weight excluding hydrogens is 256 g/mol. The Morgan fingerprint density at radius 2 is 1.80 bits per heavy atom. The maximum atomic E-state index is 5.60. The number of aromatic nitrogens is 3. The van der Waals surface area contributed by atoms with Crippen LogP contribution in [0.3, 0.4) is 0 Å². The van der Waals surface area contributed by atoms with Crippen LogP contribution in [0.15, 0.2) is 53.3 Å². The van der Waals surface area contributed by atoms with Gasteiger partial charge in [0.25, 0.3) is 5.89 Å². The fourth-order valence-electron chi connectivity index (χ4n) is 1.64. The van der Waals surface area contributed by atoms with E-state index in [-0.39, 0.29) is 6.61 Å². The molecule has 0 atom stereocenters. The summed E-state index contributed by atoms with van der Waals surface area (Å²) in [6, 6.07) is 10.7. The van der Waals surface area contributed by atoms with Crippen molar-refractivity contribution >= 4 is 5.69 Å². The first-order valence-corrected chi connectivity index (χ1v) is 6.02. The van der Waals surface area contributed by atoms with Crippen molar-refractivity contribution < 1.29 is 9.26 Å². The van der Waals surface area contributed by atoms with Crippen LogP contribution in [0.1, 0.15) is 5.89 Å². The van der Waals surface area contributed by atoms with E-state index in [2.05, 4.69) is 15.1 Å². The molecule has 3 aromatic rings. The van der Waals surface area contributed by atoms with Crippen molar-refractivity contribution in [2.75, 3.05) is 5.73 Å². The predicted molar refractivity (Wildman–Crippen MR) is 72.7 cm³/mol. The molecule has 0 fully saturated rings. The molecule has 0 unspecified atom stereocenters. The first kappa shape index (κ1) is 12.2. The lowest BCUT2D eigenvalue weighted by Gasteiger charge is -2.02. The molecule has 0 spiro atoms. The van der Waals surface area contributed by atoms with Crippen LogP contribution < -0.4 is 10.5 Å². The van der Waals surface area contributed by atoms with Gasteiger partial charge in [0.2, 0.25) is 5.82 Å². The van der Waals surface area contributed by atoms with Gasteiger partial charge in [-0.2, -0.15) is 4.98 Å². The van der Waals surface area contributed by atoms with Crippen molar-refractivity contribution in [2.24, 2.45) is 0 Å². The van der Waals surface area contributed by atoms with Gasteiger partial charge in [0, 0.05) is 23.6 Å². The van der Waals surface area contributed by atoms with E-state index in [4.69, 9.17) is 15.0 Å². The van der Waals surface area contributed by atoms with Crippen LogP contribution in [-0.2, 0) is 6.61 Å². The molecule has 0 aliphatic carbocycles. The van der Waals surface area contributed by atoms with Gasteiger partial charge in [-0.3, -0.25) is 4.98 Å². The Labute approximate surface area is 115 Å². The number of ether oxygens (including phenoxy) is 1. The number of hydrogen-bond acceptors (Lipinski definition) is 6. The van der Waals surface area contributed by atoms with Crippen molar-refractivity contribution in [1.82, 2.24) is 15.1 Å². The first-order valence-electron chi connectivity index (χ1n) is 6.02. The molecule has 2 aromatic heterocycles. The van der Waals surface area contributed by atoms with E-state index < -0.39 is 0 Å². The van der Waals surface area contributed by atoms with E-state index >= 15 is 0 Å². The second-order valence-electron chi connectivity index (χ2n) is 4.11. The number of pyridine rings is 1. The quantitative estimate of drug-likeness (QED) is 0.730. The fourth-order valence-corrected chi connectivity index (χ4v) is 1.64. The van der Waals surface area contributed by atoms with Crippen molar-refractivity contribution in [2.45, 2.75) is 6.61 Å². The van der Waals surface area contributed by atoms with E-state index in [0.717, 1.165) is 5.56 Å². The van der Waals surface area contributed by atoms with Gasteiger partial charge in [0.1, 0.15) is 5.75 Å². The molecule has 0 amide bonds. The molecule has 0 aliphatic rings. The molecule has 6 heteroatoms. The number of hydrogen-bond donors (Lipinski definition) is 1. The highest BCUT2D eigenvalue weighted by Crippen LogP contribution is 2.17. The van der Waals surface area contributed by atoms with Gasteiger partial charge in [0.05, 0.1) is 0 Å². The van der Waals surface area contributed by atoms with Crippen LogP contribution in [0.4, 0.5) is 5.69 Å². The van der Waals surface area contributed by atoms with Crippen LogP contribution in [-0.4, -0.2) is 15.1 Å². The average molecular weight is 268 g/mol. The summed E-state index contributed by atoms with van der Waals surface area (Å²) in [5.74, 6) is 1.62. The molecule has 20 heavy (non-hydrogen) atoms. The second-order valence-corrected chi connectivity index (χ2v) is 4.11. The molecule has 2 N–H and O–H groups in total. The molecule has 0 saturated heterocycles. The zero-order chi connectivity index (χ0) is 13.8. The van der Waals surface area contributed by atoms with Crippen molar-refractivity contribution in [3.8, 4) is 17.1 Å². The van der Waals surface area contributed by atoms with E-state index in [0.29, 0.717) is 23.2 Å². The molecule has 3 rings (SSSR count). The summed E-state index contributed by atoms with van der Waals surface area (Å²) in [5.41, 5.74) is 7.14. The van der Waals surface area contributed by atoms with Gasteiger partial charge in [-0.05, 0) is 36.4 Å². The number of nitrogens with two attached hydrogens (primary N) is 1. The Morgan fingerprint density at radius 1 is 1.05 bits per heavy atom. The highest BCUT2D eigenvalue weighted by atomic mass is 16.5. The SMILES string of the molecule is Nc1ccc(OCc2nc(-c3ccncc3)no2)cc1. The molecule has 0 bridgehead atoms.